The fourth-order valence-corrected chi connectivity index (χ4v) is 3.33. The molecule has 1 amide bonds. The standard InChI is InChI=1S/C21H19N3O2/c1-15(13-16-7-3-2-4-8-16)20(25)23-12-10-18-17(14-23)21(26)24-11-6-5-9-19(24)22-18/h2-9,11,13H,10,12,14H2,1H3. The Labute approximate surface area is 151 Å². The Kier molecular flexibility index (Phi) is 4.13. The van der Waals surface area contributed by atoms with Gasteiger partial charge in [0, 0.05) is 24.7 Å². The van der Waals surface area contributed by atoms with Crippen LogP contribution in [-0.2, 0) is 17.8 Å². The van der Waals surface area contributed by atoms with Gasteiger partial charge in [0.25, 0.3) is 5.56 Å². The second kappa shape index (κ2) is 6.59. The van der Waals surface area contributed by atoms with Crippen molar-refractivity contribution < 1.29 is 4.79 Å². The molecule has 0 unspecified atom stereocenters. The maximum atomic E-state index is 12.8. The van der Waals surface area contributed by atoms with E-state index in [1.54, 1.807) is 21.6 Å². The van der Waals surface area contributed by atoms with E-state index in [0.717, 1.165) is 11.3 Å². The van der Waals surface area contributed by atoms with Crippen molar-refractivity contribution in [2.24, 2.45) is 0 Å². The van der Waals surface area contributed by atoms with Crippen molar-refractivity contribution in [3.05, 3.63) is 87.5 Å². The Morgan fingerprint density at radius 1 is 1.12 bits per heavy atom. The summed E-state index contributed by atoms with van der Waals surface area (Å²) in [4.78, 5) is 31.9. The highest BCUT2D eigenvalue weighted by atomic mass is 16.2. The minimum atomic E-state index is -0.0900. The first-order chi connectivity index (χ1) is 12.6. The van der Waals surface area contributed by atoms with Crippen LogP contribution in [0.25, 0.3) is 11.7 Å². The summed E-state index contributed by atoms with van der Waals surface area (Å²) in [5, 5.41) is 0. The molecule has 1 aromatic carbocycles. The Balaban J connectivity index is 1.64. The largest absolute Gasteiger partial charge is 0.334 e. The van der Waals surface area contributed by atoms with E-state index in [2.05, 4.69) is 4.98 Å². The van der Waals surface area contributed by atoms with Gasteiger partial charge in [0.2, 0.25) is 5.91 Å². The van der Waals surface area contributed by atoms with Gasteiger partial charge in [-0.1, -0.05) is 36.4 Å². The lowest BCUT2D eigenvalue weighted by Gasteiger charge is -2.28. The Bertz CT molecular complexity index is 1070. The first kappa shape index (κ1) is 16.3. The smallest absolute Gasteiger partial charge is 0.263 e. The summed E-state index contributed by atoms with van der Waals surface area (Å²) in [7, 11) is 0. The molecule has 1 aliphatic rings. The van der Waals surface area contributed by atoms with Gasteiger partial charge in [0.1, 0.15) is 5.65 Å². The van der Waals surface area contributed by atoms with Gasteiger partial charge < -0.3 is 4.90 Å². The molecule has 26 heavy (non-hydrogen) atoms. The lowest BCUT2D eigenvalue weighted by atomic mass is 10.0. The summed E-state index contributed by atoms with van der Waals surface area (Å²) in [6.45, 7) is 2.69. The van der Waals surface area contributed by atoms with Crippen LogP contribution in [0.2, 0.25) is 0 Å². The van der Waals surface area contributed by atoms with Crippen LogP contribution < -0.4 is 5.56 Å². The van der Waals surface area contributed by atoms with Gasteiger partial charge in [-0.3, -0.25) is 14.0 Å². The van der Waals surface area contributed by atoms with Crippen molar-refractivity contribution >= 4 is 17.6 Å². The molecule has 5 heteroatoms. The molecule has 5 nitrogen and oxygen atoms in total. The molecule has 0 radical (unpaired) electrons. The van der Waals surface area contributed by atoms with Crippen LogP contribution in [0.15, 0.2) is 65.1 Å². The molecule has 130 valence electrons. The van der Waals surface area contributed by atoms with Crippen LogP contribution >= 0.6 is 0 Å². The van der Waals surface area contributed by atoms with E-state index in [1.165, 1.54) is 0 Å². The lowest BCUT2D eigenvalue weighted by Crippen LogP contribution is -2.40. The van der Waals surface area contributed by atoms with Gasteiger partial charge in [-0.15, -0.1) is 0 Å². The molecule has 1 aliphatic heterocycles. The van der Waals surface area contributed by atoms with Gasteiger partial charge in [-0.05, 0) is 30.7 Å². The highest BCUT2D eigenvalue weighted by Crippen LogP contribution is 2.18. The number of hydrogen-bond acceptors (Lipinski definition) is 3. The van der Waals surface area contributed by atoms with Crippen molar-refractivity contribution in [3.8, 4) is 0 Å². The van der Waals surface area contributed by atoms with Crippen LogP contribution in [0.5, 0.6) is 0 Å². The van der Waals surface area contributed by atoms with Crippen LogP contribution in [0.1, 0.15) is 23.7 Å². The van der Waals surface area contributed by atoms with Gasteiger partial charge in [0.15, 0.2) is 0 Å². The Hall–Kier alpha value is -3.21. The highest BCUT2D eigenvalue weighted by molar-refractivity contribution is 5.97. The molecule has 0 fully saturated rings. The zero-order valence-corrected chi connectivity index (χ0v) is 14.6. The van der Waals surface area contributed by atoms with Crippen LogP contribution in [0.4, 0.5) is 0 Å². The predicted octanol–water partition coefficient (Wildman–Crippen LogP) is 2.68. The minimum absolute atomic E-state index is 0.0444. The maximum absolute atomic E-state index is 12.8. The molecule has 0 spiro atoms. The van der Waals surface area contributed by atoms with Gasteiger partial charge in [-0.2, -0.15) is 0 Å². The number of fused-ring (bicyclic) bond motifs is 2. The van der Waals surface area contributed by atoms with Crippen molar-refractivity contribution in [3.63, 3.8) is 0 Å². The fourth-order valence-electron chi connectivity index (χ4n) is 3.33. The average Bonchev–Trinajstić information content (AvgIpc) is 2.68. The molecule has 3 aromatic rings. The number of nitrogens with zero attached hydrogens (tertiary/aromatic N) is 3. The van der Waals surface area contributed by atoms with Crippen molar-refractivity contribution in [2.45, 2.75) is 19.9 Å². The first-order valence-corrected chi connectivity index (χ1v) is 8.65. The van der Waals surface area contributed by atoms with Gasteiger partial charge in [0.05, 0.1) is 17.8 Å². The lowest BCUT2D eigenvalue weighted by molar-refractivity contribution is -0.127. The number of carbonyl (C=O) groups excluding carboxylic acids is 1. The molecule has 3 heterocycles. The average molecular weight is 345 g/mol. The number of benzene rings is 1. The zero-order chi connectivity index (χ0) is 18.1. The summed E-state index contributed by atoms with van der Waals surface area (Å²) in [6, 6.07) is 15.3. The molecule has 0 N–H and O–H groups in total. The Morgan fingerprint density at radius 2 is 1.88 bits per heavy atom. The van der Waals surface area contributed by atoms with E-state index in [1.807, 2.05) is 55.5 Å². The number of aromatic nitrogens is 2. The second-order valence-electron chi connectivity index (χ2n) is 6.49. The molecular formula is C21H19N3O2. The zero-order valence-electron chi connectivity index (χ0n) is 14.6. The Morgan fingerprint density at radius 3 is 2.69 bits per heavy atom. The van der Waals surface area contributed by atoms with E-state index in [4.69, 9.17) is 0 Å². The molecule has 0 saturated heterocycles. The van der Waals surface area contributed by atoms with Crippen LogP contribution in [-0.4, -0.2) is 26.7 Å². The predicted molar refractivity (Wildman–Crippen MR) is 101 cm³/mol. The summed E-state index contributed by atoms with van der Waals surface area (Å²) in [6.07, 6.45) is 4.19. The summed E-state index contributed by atoms with van der Waals surface area (Å²) < 4.78 is 1.54. The summed E-state index contributed by atoms with van der Waals surface area (Å²) >= 11 is 0. The molecule has 0 atom stereocenters. The molecule has 0 bridgehead atoms. The fraction of sp³-hybridized carbons (Fsp3) is 0.190. The van der Waals surface area contributed by atoms with Gasteiger partial charge >= 0.3 is 0 Å². The van der Waals surface area contributed by atoms with Gasteiger partial charge in [-0.25, -0.2) is 4.98 Å². The number of pyridine rings is 1. The van der Waals surface area contributed by atoms with E-state index >= 15 is 0 Å². The SMILES string of the molecule is CC(=Cc1ccccc1)C(=O)N1CCc2nc3ccccn3c(=O)c2C1. The number of hydrogen-bond donors (Lipinski definition) is 0. The minimum Gasteiger partial charge on any atom is -0.334 e. The summed E-state index contributed by atoms with van der Waals surface area (Å²) in [5.74, 6) is -0.0444. The third kappa shape index (κ3) is 2.92. The van der Waals surface area contributed by atoms with E-state index in [-0.39, 0.29) is 11.5 Å². The van der Waals surface area contributed by atoms with Crippen LogP contribution in [0.3, 0.4) is 0 Å². The van der Waals surface area contributed by atoms with E-state index < -0.39 is 0 Å². The molecule has 0 aliphatic carbocycles. The third-order valence-electron chi connectivity index (χ3n) is 4.69. The molecular weight excluding hydrogens is 326 g/mol. The van der Waals surface area contributed by atoms with Crippen molar-refractivity contribution in [1.29, 1.82) is 0 Å². The topological polar surface area (TPSA) is 54.7 Å². The normalized spacial score (nSPS) is 14.3. The van der Waals surface area contributed by atoms with E-state index in [9.17, 15) is 9.59 Å². The van der Waals surface area contributed by atoms with E-state index in [0.29, 0.717) is 36.3 Å². The quantitative estimate of drug-likeness (QED) is 0.671. The van der Waals surface area contributed by atoms with Crippen molar-refractivity contribution in [1.82, 2.24) is 14.3 Å². The van der Waals surface area contributed by atoms with Crippen LogP contribution in [0, 0.1) is 0 Å². The molecule has 0 saturated carbocycles. The molecule has 2 aromatic heterocycles. The maximum Gasteiger partial charge on any atom is 0.263 e. The number of carbonyl (C=O) groups is 1. The second-order valence-corrected chi connectivity index (χ2v) is 6.49. The third-order valence-corrected chi connectivity index (χ3v) is 4.69. The number of rotatable bonds is 2. The molecule has 4 rings (SSSR count). The highest BCUT2D eigenvalue weighted by Gasteiger charge is 2.25. The van der Waals surface area contributed by atoms with Crippen molar-refractivity contribution in [2.75, 3.05) is 6.54 Å². The summed E-state index contributed by atoms with van der Waals surface area (Å²) in [5.41, 5.74) is 3.62. The first-order valence-electron chi connectivity index (χ1n) is 8.65. The monoisotopic (exact) mass is 345 g/mol. The number of amides is 1.